The van der Waals surface area contributed by atoms with Crippen molar-refractivity contribution in [3.05, 3.63) is 60.3 Å². The molecule has 1 fully saturated rings. The molecule has 1 aromatic heterocycles. The zero-order chi connectivity index (χ0) is 21.5. The van der Waals surface area contributed by atoms with Gasteiger partial charge in [-0.3, -0.25) is 4.79 Å². The van der Waals surface area contributed by atoms with Crippen LogP contribution in [0.1, 0.15) is 12.5 Å². The molecular weight excluding hydrogens is 426 g/mol. The fraction of sp³-hybridized carbons (Fsp3) is 0.250. The van der Waals surface area contributed by atoms with Gasteiger partial charge in [0.25, 0.3) is 0 Å². The van der Waals surface area contributed by atoms with Gasteiger partial charge >= 0.3 is 0 Å². The first-order chi connectivity index (χ1) is 14.2. The van der Waals surface area contributed by atoms with E-state index in [0.29, 0.717) is 6.42 Å². The van der Waals surface area contributed by atoms with Crippen molar-refractivity contribution in [3.8, 4) is 0 Å². The minimum atomic E-state index is -3.77. The Bertz CT molecular complexity index is 1310. The summed E-state index contributed by atoms with van der Waals surface area (Å²) in [6.07, 6.45) is 2.38. The maximum Gasteiger partial charge on any atom is 0.244 e. The molecule has 158 valence electrons. The van der Waals surface area contributed by atoms with Gasteiger partial charge in [-0.1, -0.05) is 25.1 Å². The Hall–Kier alpha value is -2.69. The van der Waals surface area contributed by atoms with Gasteiger partial charge in [0.1, 0.15) is 0 Å². The van der Waals surface area contributed by atoms with E-state index in [2.05, 4.69) is 9.71 Å². The van der Waals surface area contributed by atoms with Crippen LogP contribution >= 0.6 is 0 Å². The summed E-state index contributed by atoms with van der Waals surface area (Å²) in [4.78, 5) is 15.3. The summed E-state index contributed by atoms with van der Waals surface area (Å²) in [7, 11) is -7.50. The number of amides is 1. The molecule has 2 heterocycles. The number of carbonyl (C=O) groups is 1. The summed E-state index contributed by atoms with van der Waals surface area (Å²) in [5.41, 5.74) is 2.14. The third-order valence-electron chi connectivity index (χ3n) is 5.10. The molecule has 3 aromatic rings. The molecule has 2 aromatic carbocycles. The molecule has 4 rings (SSSR count). The highest BCUT2D eigenvalue weighted by Gasteiger charge is 2.41. The molecule has 1 aliphatic rings. The van der Waals surface area contributed by atoms with E-state index in [1.165, 1.54) is 24.3 Å². The summed E-state index contributed by atoms with van der Waals surface area (Å²) in [5, 5.41) is 1.05. The first kappa shape index (κ1) is 20.6. The summed E-state index contributed by atoms with van der Waals surface area (Å²) in [5.74, 6) is -1.38. The van der Waals surface area contributed by atoms with Gasteiger partial charge in [-0.2, -0.15) is 0 Å². The van der Waals surface area contributed by atoms with Gasteiger partial charge in [-0.25, -0.2) is 25.9 Å². The van der Waals surface area contributed by atoms with Crippen molar-refractivity contribution >= 4 is 42.5 Å². The van der Waals surface area contributed by atoms with Crippen LogP contribution in [0.4, 0.5) is 5.69 Å². The van der Waals surface area contributed by atoms with E-state index in [1.807, 2.05) is 30.5 Å². The van der Waals surface area contributed by atoms with E-state index in [0.717, 1.165) is 20.8 Å². The fourth-order valence-electron chi connectivity index (χ4n) is 3.59. The third kappa shape index (κ3) is 3.73. The van der Waals surface area contributed by atoms with Crippen molar-refractivity contribution in [3.63, 3.8) is 0 Å². The lowest BCUT2D eigenvalue weighted by Crippen LogP contribution is -2.30. The third-order valence-corrected chi connectivity index (χ3v) is 8.45. The van der Waals surface area contributed by atoms with E-state index >= 15 is 0 Å². The predicted octanol–water partition coefficient (Wildman–Crippen LogP) is 2.00. The second kappa shape index (κ2) is 7.53. The monoisotopic (exact) mass is 447 g/mol. The summed E-state index contributed by atoms with van der Waals surface area (Å²) >= 11 is 0. The van der Waals surface area contributed by atoms with Gasteiger partial charge < -0.3 is 4.98 Å². The number of nitrogens with one attached hydrogen (secondary N) is 2. The lowest BCUT2D eigenvalue weighted by molar-refractivity contribution is -0.119. The lowest BCUT2D eigenvalue weighted by atomic mass is 10.1. The molecule has 1 atom stereocenters. The lowest BCUT2D eigenvalue weighted by Gasteiger charge is -2.15. The molecule has 0 bridgehead atoms. The van der Waals surface area contributed by atoms with Crippen molar-refractivity contribution in [1.82, 2.24) is 9.71 Å². The van der Waals surface area contributed by atoms with Crippen molar-refractivity contribution in [2.24, 2.45) is 5.92 Å². The van der Waals surface area contributed by atoms with E-state index in [1.54, 1.807) is 6.92 Å². The minimum Gasteiger partial charge on any atom is -0.361 e. The number of anilines is 1. The fourth-order valence-corrected chi connectivity index (χ4v) is 6.44. The predicted molar refractivity (Wildman–Crippen MR) is 114 cm³/mol. The number of para-hydroxylation sites is 1. The normalized spacial score (nSPS) is 18.9. The van der Waals surface area contributed by atoms with Crippen molar-refractivity contribution in [2.45, 2.75) is 18.2 Å². The number of fused-ring (bicyclic) bond motifs is 1. The first-order valence-electron chi connectivity index (χ1n) is 9.40. The molecule has 8 nitrogen and oxygen atoms in total. The molecule has 2 N–H and O–H groups in total. The van der Waals surface area contributed by atoms with Gasteiger partial charge in [0, 0.05) is 23.6 Å². The highest BCUT2D eigenvalue weighted by molar-refractivity contribution is 7.94. The van der Waals surface area contributed by atoms with Crippen molar-refractivity contribution in [2.75, 3.05) is 16.6 Å². The summed E-state index contributed by atoms with van der Waals surface area (Å²) in [6.45, 7) is 1.76. The topological polar surface area (TPSA) is 116 Å². The molecule has 0 saturated carbocycles. The maximum absolute atomic E-state index is 12.6. The molecule has 0 aliphatic carbocycles. The number of sulfonamides is 2. The Labute approximate surface area is 175 Å². The number of benzene rings is 2. The van der Waals surface area contributed by atoms with Gasteiger partial charge in [-0.05, 0) is 42.3 Å². The number of H-pyrrole nitrogens is 1. The quantitative estimate of drug-likeness (QED) is 0.600. The van der Waals surface area contributed by atoms with Crippen LogP contribution in [-0.2, 0) is 31.3 Å². The largest absolute Gasteiger partial charge is 0.361 e. The van der Waals surface area contributed by atoms with Crippen LogP contribution in [-0.4, -0.2) is 40.0 Å². The minimum absolute atomic E-state index is 0.00210. The molecule has 10 heteroatoms. The first-order valence-corrected chi connectivity index (χ1v) is 12.5. The van der Waals surface area contributed by atoms with Crippen LogP contribution in [0.5, 0.6) is 0 Å². The second-order valence-corrected chi connectivity index (χ2v) is 10.9. The molecule has 1 aliphatic heterocycles. The van der Waals surface area contributed by atoms with E-state index < -0.39 is 31.9 Å². The zero-order valence-electron chi connectivity index (χ0n) is 16.2. The summed E-state index contributed by atoms with van der Waals surface area (Å²) < 4.78 is 52.8. The van der Waals surface area contributed by atoms with Gasteiger partial charge in [0.05, 0.1) is 22.3 Å². The number of carbonyl (C=O) groups excluding carboxylic acids is 1. The Kier molecular flexibility index (Phi) is 5.16. The van der Waals surface area contributed by atoms with E-state index in [-0.39, 0.29) is 22.9 Å². The average Bonchev–Trinajstić information content (AvgIpc) is 3.19. The maximum atomic E-state index is 12.6. The number of nitrogens with zero attached hydrogens (tertiary/aromatic N) is 1. The molecule has 1 saturated heterocycles. The Morgan fingerprint density at radius 3 is 2.50 bits per heavy atom. The number of rotatable bonds is 6. The van der Waals surface area contributed by atoms with Crippen molar-refractivity contribution < 1.29 is 21.6 Å². The Morgan fingerprint density at radius 2 is 1.83 bits per heavy atom. The Morgan fingerprint density at radius 1 is 1.13 bits per heavy atom. The number of aromatic amines is 1. The van der Waals surface area contributed by atoms with Gasteiger partial charge in [0.2, 0.25) is 26.0 Å². The van der Waals surface area contributed by atoms with E-state index in [4.69, 9.17) is 0 Å². The molecule has 30 heavy (non-hydrogen) atoms. The molecule has 1 unspecified atom stereocenters. The average molecular weight is 448 g/mol. The summed E-state index contributed by atoms with van der Waals surface area (Å²) in [6, 6.07) is 13.1. The van der Waals surface area contributed by atoms with Crippen LogP contribution in [0.15, 0.2) is 59.6 Å². The van der Waals surface area contributed by atoms with Crippen LogP contribution in [0, 0.1) is 5.92 Å². The number of hydrogen-bond donors (Lipinski definition) is 2. The Balaban J connectivity index is 1.46. The smallest absolute Gasteiger partial charge is 0.244 e. The molecule has 0 spiro atoms. The zero-order valence-corrected chi connectivity index (χ0v) is 17.8. The SMILES string of the molecule is CC1CS(=O)(=O)N(c2ccc(S(=O)(=O)NCCc3c[nH]c4ccccc34)cc2)C1=O. The van der Waals surface area contributed by atoms with Crippen molar-refractivity contribution in [1.29, 1.82) is 0 Å². The van der Waals surface area contributed by atoms with Gasteiger partial charge in [-0.15, -0.1) is 0 Å². The highest BCUT2D eigenvalue weighted by Crippen LogP contribution is 2.29. The van der Waals surface area contributed by atoms with Crippen LogP contribution in [0.3, 0.4) is 0 Å². The highest BCUT2D eigenvalue weighted by atomic mass is 32.2. The van der Waals surface area contributed by atoms with Crippen LogP contribution < -0.4 is 9.03 Å². The van der Waals surface area contributed by atoms with Gasteiger partial charge in [0.15, 0.2) is 0 Å². The van der Waals surface area contributed by atoms with E-state index in [9.17, 15) is 21.6 Å². The number of aromatic nitrogens is 1. The second-order valence-electron chi connectivity index (χ2n) is 7.28. The molecular formula is C20H21N3O5S2. The standard InChI is InChI=1S/C20H21N3O5S2/c1-14-13-29(25,26)23(20(14)24)16-6-8-17(9-7-16)30(27,28)22-11-10-15-12-21-19-5-3-2-4-18(15)19/h2-9,12,14,21-22H,10-11,13H2,1H3. The van der Waals surface area contributed by atoms with Crippen LogP contribution in [0.2, 0.25) is 0 Å². The molecule has 0 radical (unpaired) electrons. The molecule has 1 amide bonds. The number of hydrogen-bond acceptors (Lipinski definition) is 5. The van der Waals surface area contributed by atoms with Crippen LogP contribution in [0.25, 0.3) is 10.9 Å².